The largest absolute Gasteiger partial charge is 0.426 e. The molecule has 2 rings (SSSR count). The van der Waals surface area contributed by atoms with Crippen molar-refractivity contribution >= 4 is 90.2 Å². The Balaban J connectivity index is 1.86. The summed E-state index contributed by atoms with van der Waals surface area (Å²) in [7, 11) is 0. The van der Waals surface area contributed by atoms with Crippen molar-refractivity contribution in [3.8, 4) is 0 Å². The molecule has 132 valence electrons. The van der Waals surface area contributed by atoms with E-state index in [1.165, 1.54) is 0 Å². The van der Waals surface area contributed by atoms with Crippen molar-refractivity contribution in [3.63, 3.8) is 0 Å². The zero-order valence-corrected chi connectivity index (χ0v) is 17.5. The first-order valence-corrected chi connectivity index (χ1v) is 9.10. The number of halogens is 6. The molecule has 0 unspecified atom stereocenters. The molecule has 0 saturated heterocycles. The van der Waals surface area contributed by atoms with Gasteiger partial charge in [0.05, 0.1) is 13.2 Å². The fourth-order valence-corrected chi connectivity index (χ4v) is 2.60. The lowest BCUT2D eigenvalue weighted by Gasteiger charge is -2.14. The molecule has 0 saturated carbocycles. The summed E-state index contributed by atoms with van der Waals surface area (Å²) in [5, 5.41) is -0.492. The van der Waals surface area contributed by atoms with Gasteiger partial charge in [-0.15, -0.1) is 0 Å². The summed E-state index contributed by atoms with van der Waals surface area (Å²) in [6.45, 7) is -0.00583. The van der Waals surface area contributed by atoms with Gasteiger partial charge < -0.3 is 18.9 Å². The lowest BCUT2D eigenvalue weighted by molar-refractivity contribution is -0.158. The predicted octanol–water partition coefficient (Wildman–Crippen LogP) is 4.17. The highest BCUT2D eigenvalue weighted by Gasteiger charge is 2.34. The first-order valence-electron chi connectivity index (χ1n) is 6.01. The minimum absolute atomic E-state index is 0.00292. The van der Waals surface area contributed by atoms with Crippen LogP contribution in [0.1, 0.15) is 0 Å². The van der Waals surface area contributed by atoms with Crippen molar-refractivity contribution in [1.82, 2.24) is 0 Å². The lowest BCUT2D eigenvalue weighted by Crippen LogP contribution is -2.17. The first kappa shape index (κ1) is 20.5. The number of carbonyl (C=O) groups is 2. The van der Waals surface area contributed by atoms with Crippen molar-refractivity contribution in [2.45, 2.75) is 12.6 Å². The third-order valence-corrected chi connectivity index (χ3v) is 6.23. The van der Waals surface area contributed by atoms with E-state index in [-0.39, 0.29) is 33.3 Å². The standard InChI is InChI=1S/C12H6Br2Cl4O6/c13-3(1-21-11-7(17)5(15)9(19)23-11)4(14)2-22-12-8(18)6(16)10(20)24-12/h11-12H,1-2H2/b4-3-/t11-,12-/m0/s1. The van der Waals surface area contributed by atoms with Crippen LogP contribution in [0.3, 0.4) is 0 Å². The van der Waals surface area contributed by atoms with Gasteiger partial charge in [0.2, 0.25) is 12.6 Å². The van der Waals surface area contributed by atoms with Gasteiger partial charge in [0.25, 0.3) is 0 Å². The molecule has 0 radical (unpaired) electrons. The Morgan fingerprint density at radius 2 is 1.17 bits per heavy atom. The van der Waals surface area contributed by atoms with Crippen LogP contribution < -0.4 is 0 Å². The highest BCUT2D eigenvalue weighted by atomic mass is 79.9. The summed E-state index contributed by atoms with van der Waals surface area (Å²) in [6.07, 6.45) is -2.15. The second-order valence-electron chi connectivity index (χ2n) is 4.23. The third kappa shape index (κ3) is 4.67. The van der Waals surface area contributed by atoms with Gasteiger partial charge in [0.1, 0.15) is 20.1 Å². The van der Waals surface area contributed by atoms with E-state index in [0.29, 0.717) is 8.96 Å². The molecule has 0 aromatic carbocycles. The zero-order valence-electron chi connectivity index (χ0n) is 11.3. The quantitative estimate of drug-likeness (QED) is 0.465. The number of carbonyl (C=O) groups excluding carboxylic acids is 2. The molecule has 0 aliphatic carbocycles. The van der Waals surface area contributed by atoms with E-state index >= 15 is 0 Å². The van der Waals surface area contributed by atoms with Gasteiger partial charge in [-0.25, -0.2) is 9.59 Å². The maximum absolute atomic E-state index is 11.2. The van der Waals surface area contributed by atoms with Crippen LogP contribution >= 0.6 is 78.3 Å². The molecule has 0 aromatic heterocycles. The number of hydrogen-bond donors (Lipinski definition) is 0. The Morgan fingerprint density at radius 3 is 1.42 bits per heavy atom. The SMILES string of the molecule is O=C1O[C@H](OC/C(Br)=C(/Br)CO[C@H]2OC(=O)C(Cl)=C2Cl)C(Cl)=C1Cl. The molecule has 24 heavy (non-hydrogen) atoms. The van der Waals surface area contributed by atoms with Crippen LogP contribution in [0.25, 0.3) is 0 Å². The molecule has 2 heterocycles. The molecule has 0 fully saturated rings. The van der Waals surface area contributed by atoms with Crippen LogP contribution in [-0.2, 0) is 28.5 Å². The van der Waals surface area contributed by atoms with Crippen molar-refractivity contribution < 1.29 is 28.5 Å². The third-order valence-electron chi connectivity index (χ3n) is 2.64. The average Bonchev–Trinajstić information content (AvgIpc) is 2.94. The van der Waals surface area contributed by atoms with Gasteiger partial charge in [-0.3, -0.25) is 0 Å². The highest BCUT2D eigenvalue weighted by Crippen LogP contribution is 2.32. The minimum Gasteiger partial charge on any atom is -0.426 e. The summed E-state index contributed by atoms with van der Waals surface area (Å²) < 4.78 is 21.3. The molecule has 2 aliphatic rings. The summed E-state index contributed by atoms with van der Waals surface area (Å²) in [5.74, 6) is -1.51. The average molecular weight is 548 g/mol. The Labute approximate surface area is 172 Å². The van der Waals surface area contributed by atoms with Crippen LogP contribution in [0.2, 0.25) is 0 Å². The van der Waals surface area contributed by atoms with Crippen molar-refractivity contribution in [1.29, 1.82) is 0 Å². The molecular formula is C12H6Br2Cl4O6. The molecule has 0 spiro atoms. The van der Waals surface area contributed by atoms with Crippen molar-refractivity contribution in [2.24, 2.45) is 0 Å². The monoisotopic (exact) mass is 544 g/mol. The maximum Gasteiger partial charge on any atom is 0.353 e. The van der Waals surface area contributed by atoms with E-state index in [0.717, 1.165) is 0 Å². The Bertz CT molecular complexity index is 618. The normalized spacial score (nSPS) is 25.2. The predicted molar refractivity (Wildman–Crippen MR) is 94.0 cm³/mol. The lowest BCUT2D eigenvalue weighted by atomic mass is 10.5. The topological polar surface area (TPSA) is 71.1 Å². The van der Waals surface area contributed by atoms with Crippen LogP contribution in [0, 0.1) is 0 Å². The highest BCUT2D eigenvalue weighted by molar-refractivity contribution is 9.14. The van der Waals surface area contributed by atoms with Gasteiger partial charge in [-0.2, -0.15) is 0 Å². The van der Waals surface area contributed by atoms with E-state index in [1.54, 1.807) is 0 Å². The molecule has 0 N–H and O–H groups in total. The summed E-state index contributed by atoms with van der Waals surface area (Å²) in [6, 6.07) is 0. The van der Waals surface area contributed by atoms with Gasteiger partial charge in [0.15, 0.2) is 0 Å². The Morgan fingerprint density at radius 1 is 0.833 bits per heavy atom. The number of esters is 2. The second-order valence-corrected chi connectivity index (χ2v) is 7.71. The number of cyclic esters (lactones) is 2. The molecular weight excluding hydrogens is 542 g/mol. The van der Waals surface area contributed by atoms with Gasteiger partial charge in [-0.1, -0.05) is 78.3 Å². The van der Waals surface area contributed by atoms with E-state index in [9.17, 15) is 9.59 Å². The summed E-state index contributed by atoms with van der Waals surface area (Å²) in [4.78, 5) is 22.4. The zero-order chi connectivity index (χ0) is 18.0. The van der Waals surface area contributed by atoms with Crippen LogP contribution in [0.15, 0.2) is 29.1 Å². The fraction of sp³-hybridized carbons (Fsp3) is 0.333. The van der Waals surface area contributed by atoms with E-state index in [2.05, 4.69) is 31.9 Å². The molecule has 2 atom stereocenters. The van der Waals surface area contributed by atoms with Gasteiger partial charge in [0, 0.05) is 8.96 Å². The van der Waals surface area contributed by atoms with Crippen molar-refractivity contribution in [3.05, 3.63) is 29.1 Å². The molecule has 0 amide bonds. The van der Waals surface area contributed by atoms with E-state index < -0.39 is 24.5 Å². The molecule has 12 heteroatoms. The smallest absolute Gasteiger partial charge is 0.353 e. The fourth-order valence-electron chi connectivity index (χ4n) is 1.47. The number of rotatable bonds is 6. The Kier molecular flexibility index (Phi) is 7.46. The number of ether oxygens (including phenoxy) is 4. The van der Waals surface area contributed by atoms with Gasteiger partial charge >= 0.3 is 11.9 Å². The number of hydrogen-bond acceptors (Lipinski definition) is 6. The molecule has 6 nitrogen and oxygen atoms in total. The maximum atomic E-state index is 11.2. The first-order chi connectivity index (χ1) is 11.2. The van der Waals surface area contributed by atoms with Crippen LogP contribution in [0.5, 0.6) is 0 Å². The van der Waals surface area contributed by atoms with Crippen LogP contribution in [-0.4, -0.2) is 37.7 Å². The van der Waals surface area contributed by atoms with Crippen LogP contribution in [0.4, 0.5) is 0 Å². The Hall–Kier alpha value is 0.200. The van der Waals surface area contributed by atoms with E-state index in [1.807, 2.05) is 0 Å². The minimum atomic E-state index is -1.08. The summed E-state index contributed by atoms with van der Waals surface area (Å²) >= 11 is 29.4. The molecule has 0 bridgehead atoms. The van der Waals surface area contributed by atoms with E-state index in [4.69, 9.17) is 65.4 Å². The summed E-state index contributed by atoms with van der Waals surface area (Å²) in [5.41, 5.74) is 0. The molecule has 0 aromatic rings. The van der Waals surface area contributed by atoms with Crippen molar-refractivity contribution in [2.75, 3.05) is 13.2 Å². The molecule has 2 aliphatic heterocycles. The second kappa shape index (κ2) is 8.73. The van der Waals surface area contributed by atoms with Gasteiger partial charge in [-0.05, 0) is 0 Å².